The summed E-state index contributed by atoms with van der Waals surface area (Å²) in [5, 5.41) is 3.17. The van der Waals surface area contributed by atoms with Crippen LogP contribution in [0.4, 0.5) is 0 Å². The molecule has 4 nitrogen and oxygen atoms in total. The zero-order valence-corrected chi connectivity index (χ0v) is 14.9. The smallest absolute Gasteiger partial charge is 0.223 e. The number of nitrogens with one attached hydrogen (secondary N) is 1. The van der Waals surface area contributed by atoms with Crippen molar-refractivity contribution < 1.29 is 4.79 Å². The predicted octanol–water partition coefficient (Wildman–Crippen LogP) is 2.32. The van der Waals surface area contributed by atoms with Crippen molar-refractivity contribution in [1.29, 1.82) is 0 Å². The minimum atomic E-state index is 0.222. The van der Waals surface area contributed by atoms with Gasteiger partial charge < -0.3 is 15.1 Å². The minimum Gasteiger partial charge on any atom is -0.355 e. The molecule has 1 N–H and O–H groups in total. The molecular formula is C20H31N3O. The van der Waals surface area contributed by atoms with Gasteiger partial charge in [-0.15, -0.1) is 0 Å². The van der Waals surface area contributed by atoms with E-state index in [1.807, 2.05) is 0 Å². The Morgan fingerprint density at radius 2 is 1.88 bits per heavy atom. The Morgan fingerprint density at radius 3 is 2.62 bits per heavy atom. The van der Waals surface area contributed by atoms with Crippen LogP contribution in [0, 0.1) is 5.92 Å². The first-order valence-electron chi connectivity index (χ1n) is 9.46. The number of likely N-dealkylation sites (tertiary alicyclic amines) is 2. The molecule has 1 aromatic carbocycles. The summed E-state index contributed by atoms with van der Waals surface area (Å²) in [6.07, 6.45) is 4.54. The molecule has 0 bridgehead atoms. The average molecular weight is 329 g/mol. The van der Waals surface area contributed by atoms with Gasteiger partial charge in [-0.3, -0.25) is 4.79 Å². The average Bonchev–Trinajstić information content (AvgIpc) is 2.63. The van der Waals surface area contributed by atoms with Crippen molar-refractivity contribution >= 4 is 5.91 Å². The molecule has 0 aliphatic carbocycles. The summed E-state index contributed by atoms with van der Waals surface area (Å²) in [7, 11) is 2.13. The summed E-state index contributed by atoms with van der Waals surface area (Å²) in [4.78, 5) is 17.1. The van der Waals surface area contributed by atoms with Gasteiger partial charge in [0.25, 0.3) is 0 Å². The Bertz CT molecular complexity index is 511. The number of hydrogen-bond acceptors (Lipinski definition) is 3. The standard InChI is InChI=1S/C20H31N3O/c1-22-13-9-18(10-14-22)20(24)21-11-15-23-12-5-8-19(16-23)17-6-3-2-4-7-17/h2-4,6-7,18-19H,5,8-16H2,1H3,(H,21,24)/t19-/m0/s1. The van der Waals surface area contributed by atoms with Crippen LogP contribution in [-0.2, 0) is 4.79 Å². The molecule has 24 heavy (non-hydrogen) atoms. The molecule has 1 aromatic rings. The van der Waals surface area contributed by atoms with Crippen LogP contribution in [0.1, 0.15) is 37.2 Å². The molecule has 0 unspecified atom stereocenters. The van der Waals surface area contributed by atoms with Crippen LogP contribution < -0.4 is 5.32 Å². The molecule has 4 heteroatoms. The van der Waals surface area contributed by atoms with Crippen molar-refractivity contribution in [3.05, 3.63) is 35.9 Å². The van der Waals surface area contributed by atoms with E-state index < -0.39 is 0 Å². The summed E-state index contributed by atoms with van der Waals surface area (Å²) in [5.41, 5.74) is 1.46. The highest BCUT2D eigenvalue weighted by Gasteiger charge is 2.24. The van der Waals surface area contributed by atoms with Gasteiger partial charge in [-0.2, -0.15) is 0 Å². The molecule has 0 saturated carbocycles. The van der Waals surface area contributed by atoms with Gasteiger partial charge in [0.2, 0.25) is 5.91 Å². The van der Waals surface area contributed by atoms with E-state index in [9.17, 15) is 4.79 Å². The predicted molar refractivity (Wildman–Crippen MR) is 98.1 cm³/mol. The molecule has 2 saturated heterocycles. The van der Waals surface area contributed by atoms with Crippen molar-refractivity contribution in [1.82, 2.24) is 15.1 Å². The van der Waals surface area contributed by atoms with Crippen molar-refractivity contribution in [2.24, 2.45) is 5.92 Å². The number of amides is 1. The first-order chi connectivity index (χ1) is 11.7. The highest BCUT2D eigenvalue weighted by atomic mass is 16.1. The lowest BCUT2D eigenvalue weighted by Gasteiger charge is -2.33. The van der Waals surface area contributed by atoms with E-state index in [2.05, 4.69) is 52.5 Å². The molecule has 0 radical (unpaired) electrons. The maximum atomic E-state index is 12.3. The highest BCUT2D eigenvalue weighted by Crippen LogP contribution is 2.26. The van der Waals surface area contributed by atoms with E-state index in [0.717, 1.165) is 52.1 Å². The van der Waals surface area contributed by atoms with Crippen molar-refractivity contribution in [3.8, 4) is 0 Å². The van der Waals surface area contributed by atoms with Gasteiger partial charge in [0.15, 0.2) is 0 Å². The molecule has 0 aromatic heterocycles. The Balaban J connectivity index is 1.39. The van der Waals surface area contributed by atoms with E-state index in [4.69, 9.17) is 0 Å². The third-order valence-corrected chi connectivity index (χ3v) is 5.59. The van der Waals surface area contributed by atoms with E-state index in [-0.39, 0.29) is 11.8 Å². The summed E-state index contributed by atoms with van der Waals surface area (Å²) in [6, 6.07) is 10.8. The first-order valence-corrected chi connectivity index (χ1v) is 9.46. The fraction of sp³-hybridized carbons (Fsp3) is 0.650. The lowest BCUT2D eigenvalue weighted by molar-refractivity contribution is -0.126. The molecule has 0 spiro atoms. The third-order valence-electron chi connectivity index (χ3n) is 5.59. The van der Waals surface area contributed by atoms with Crippen LogP contribution in [0.5, 0.6) is 0 Å². The number of rotatable bonds is 5. The van der Waals surface area contributed by atoms with Crippen molar-refractivity contribution in [2.75, 3.05) is 46.3 Å². The van der Waals surface area contributed by atoms with Gasteiger partial charge in [0, 0.05) is 25.6 Å². The number of piperidine rings is 2. The Kier molecular flexibility index (Phi) is 6.27. The Labute approximate surface area is 146 Å². The maximum Gasteiger partial charge on any atom is 0.223 e. The fourth-order valence-corrected chi connectivity index (χ4v) is 4.01. The lowest BCUT2D eigenvalue weighted by atomic mass is 9.91. The van der Waals surface area contributed by atoms with Crippen LogP contribution in [0.2, 0.25) is 0 Å². The van der Waals surface area contributed by atoms with Gasteiger partial charge in [0.1, 0.15) is 0 Å². The zero-order chi connectivity index (χ0) is 16.8. The van der Waals surface area contributed by atoms with Crippen LogP contribution in [0.3, 0.4) is 0 Å². The maximum absolute atomic E-state index is 12.3. The fourth-order valence-electron chi connectivity index (χ4n) is 4.01. The molecule has 3 rings (SSSR count). The van der Waals surface area contributed by atoms with E-state index in [1.54, 1.807) is 0 Å². The van der Waals surface area contributed by atoms with E-state index >= 15 is 0 Å². The molecule has 1 amide bonds. The van der Waals surface area contributed by atoms with Crippen molar-refractivity contribution in [2.45, 2.75) is 31.6 Å². The molecule has 2 aliphatic rings. The molecule has 2 fully saturated rings. The number of hydrogen-bond donors (Lipinski definition) is 1. The van der Waals surface area contributed by atoms with Gasteiger partial charge in [-0.25, -0.2) is 0 Å². The third kappa shape index (κ3) is 4.81. The Morgan fingerprint density at radius 1 is 1.12 bits per heavy atom. The van der Waals surface area contributed by atoms with Gasteiger partial charge in [-0.05, 0) is 63.8 Å². The minimum absolute atomic E-state index is 0.222. The van der Waals surface area contributed by atoms with Gasteiger partial charge >= 0.3 is 0 Å². The summed E-state index contributed by atoms with van der Waals surface area (Å²) >= 11 is 0. The molecule has 132 valence electrons. The SMILES string of the molecule is CN1CCC(C(=O)NCCN2CCC[C@H](c3ccccc3)C2)CC1. The largest absolute Gasteiger partial charge is 0.355 e. The number of nitrogens with zero attached hydrogens (tertiary/aromatic N) is 2. The number of carbonyl (C=O) groups is 1. The molecule has 1 atom stereocenters. The normalized spacial score (nSPS) is 24.0. The summed E-state index contributed by atoms with van der Waals surface area (Å²) in [6.45, 7) is 6.13. The highest BCUT2D eigenvalue weighted by molar-refractivity contribution is 5.78. The van der Waals surface area contributed by atoms with Crippen LogP contribution >= 0.6 is 0 Å². The summed E-state index contributed by atoms with van der Waals surface area (Å²) in [5.74, 6) is 1.13. The lowest BCUT2D eigenvalue weighted by Crippen LogP contribution is -2.43. The van der Waals surface area contributed by atoms with Gasteiger partial charge in [-0.1, -0.05) is 30.3 Å². The second-order valence-electron chi connectivity index (χ2n) is 7.42. The van der Waals surface area contributed by atoms with Crippen LogP contribution in [0.15, 0.2) is 30.3 Å². The monoisotopic (exact) mass is 329 g/mol. The molecular weight excluding hydrogens is 298 g/mol. The zero-order valence-electron chi connectivity index (χ0n) is 14.9. The van der Waals surface area contributed by atoms with E-state index in [0.29, 0.717) is 5.92 Å². The second kappa shape index (κ2) is 8.63. The van der Waals surface area contributed by atoms with Crippen LogP contribution in [0.25, 0.3) is 0 Å². The van der Waals surface area contributed by atoms with Gasteiger partial charge in [0.05, 0.1) is 0 Å². The summed E-state index contributed by atoms with van der Waals surface area (Å²) < 4.78 is 0. The van der Waals surface area contributed by atoms with Crippen molar-refractivity contribution in [3.63, 3.8) is 0 Å². The molecule has 2 aliphatic heterocycles. The van der Waals surface area contributed by atoms with Crippen LogP contribution in [-0.4, -0.2) is 62.0 Å². The number of benzene rings is 1. The second-order valence-corrected chi connectivity index (χ2v) is 7.42. The number of carbonyl (C=O) groups excluding carboxylic acids is 1. The first kappa shape index (κ1) is 17.4. The topological polar surface area (TPSA) is 35.6 Å². The molecule has 2 heterocycles. The Hall–Kier alpha value is -1.39. The van der Waals surface area contributed by atoms with E-state index in [1.165, 1.54) is 18.4 Å². The quantitative estimate of drug-likeness (QED) is 0.900.